The van der Waals surface area contributed by atoms with Crippen LogP contribution in [0.4, 0.5) is 0 Å². The number of hydrogen-bond donors (Lipinski definition) is 5. The minimum Gasteiger partial charge on any atom is -0.381 e. The lowest BCUT2D eigenvalue weighted by atomic mass is 9.88. The van der Waals surface area contributed by atoms with Gasteiger partial charge in [0.05, 0.1) is 12.1 Å². The molecule has 1 saturated carbocycles. The van der Waals surface area contributed by atoms with Crippen molar-refractivity contribution < 1.29 is 33.9 Å². The molecule has 12 heteroatoms. The maximum atomic E-state index is 14.4. The second-order valence-electron chi connectivity index (χ2n) is 15.5. The molecule has 5 amide bonds. The molecule has 2 fully saturated rings. The molecule has 2 unspecified atom stereocenters. The molecule has 12 nitrogen and oxygen atoms in total. The molecule has 0 radical (unpaired) electrons. The Morgan fingerprint density at radius 3 is 2.15 bits per heavy atom. The van der Waals surface area contributed by atoms with Crippen molar-refractivity contribution in [2.45, 2.75) is 136 Å². The summed E-state index contributed by atoms with van der Waals surface area (Å²) in [6.45, 7) is 11.6. The van der Waals surface area contributed by atoms with E-state index in [-0.39, 0.29) is 66.1 Å². The summed E-state index contributed by atoms with van der Waals surface area (Å²) in [6, 6.07) is 6.51. The number of ketones is 1. The quantitative estimate of drug-likeness (QED) is 0.127. The van der Waals surface area contributed by atoms with Gasteiger partial charge in [0.15, 0.2) is 6.10 Å². The van der Waals surface area contributed by atoms with Gasteiger partial charge in [-0.3, -0.25) is 28.8 Å². The number of benzene rings is 1. The van der Waals surface area contributed by atoms with E-state index in [1.165, 1.54) is 0 Å². The number of Topliss-reactive ketones (excluding diaryl/α,β-unsaturated/α-hetero) is 1. The predicted octanol–water partition coefficient (Wildman–Crippen LogP) is 3.82. The Hall–Kier alpha value is -3.80. The third-order valence-corrected chi connectivity index (χ3v) is 10.9. The number of aliphatic hydroxyl groups is 1. The zero-order chi connectivity index (χ0) is 38.5. The van der Waals surface area contributed by atoms with Gasteiger partial charge in [-0.15, -0.1) is 0 Å². The molecule has 290 valence electrons. The summed E-state index contributed by atoms with van der Waals surface area (Å²) in [6.07, 6.45) is 3.89. The van der Waals surface area contributed by atoms with Crippen LogP contribution in [0.1, 0.15) is 117 Å². The molecule has 0 aromatic heterocycles. The van der Waals surface area contributed by atoms with E-state index in [0.717, 1.165) is 24.8 Å². The average molecular weight is 726 g/mol. The molecule has 1 aromatic carbocycles. The van der Waals surface area contributed by atoms with Crippen molar-refractivity contribution in [2.24, 2.45) is 29.6 Å². The zero-order valence-corrected chi connectivity index (χ0v) is 32.3. The molecule has 1 aliphatic carbocycles. The van der Waals surface area contributed by atoms with Gasteiger partial charge in [0.2, 0.25) is 23.6 Å². The van der Waals surface area contributed by atoms with Crippen LogP contribution in [-0.4, -0.2) is 83.1 Å². The molecule has 8 atom stereocenters. The van der Waals surface area contributed by atoms with Crippen LogP contribution in [0.3, 0.4) is 0 Å². The van der Waals surface area contributed by atoms with Gasteiger partial charge in [0.1, 0.15) is 17.9 Å². The van der Waals surface area contributed by atoms with Crippen LogP contribution in [0.25, 0.3) is 0 Å². The number of unbranched alkanes of at least 4 members (excludes halogenated alkanes) is 1. The minimum atomic E-state index is -1.49. The Balaban J connectivity index is 1.73. The number of carbonyl (C=O) groups is 6. The molecular weight excluding hydrogens is 662 g/mol. The minimum absolute atomic E-state index is 0.0419. The Bertz CT molecular complexity index is 1370. The number of rotatable bonds is 20. The van der Waals surface area contributed by atoms with E-state index in [1.807, 2.05) is 71.9 Å². The van der Waals surface area contributed by atoms with Crippen LogP contribution in [-0.2, 0) is 28.8 Å². The van der Waals surface area contributed by atoms with E-state index in [4.69, 9.17) is 0 Å². The first-order chi connectivity index (χ1) is 24.7. The third-order valence-electron chi connectivity index (χ3n) is 10.9. The van der Waals surface area contributed by atoms with Crippen molar-refractivity contribution in [1.82, 2.24) is 26.2 Å². The van der Waals surface area contributed by atoms with E-state index in [0.29, 0.717) is 38.6 Å². The van der Waals surface area contributed by atoms with Crippen LogP contribution >= 0.6 is 0 Å². The molecule has 1 saturated heterocycles. The fourth-order valence-electron chi connectivity index (χ4n) is 7.73. The lowest BCUT2D eigenvalue weighted by Crippen LogP contribution is -2.59. The Labute approximate surface area is 310 Å². The highest BCUT2D eigenvalue weighted by Crippen LogP contribution is 2.43. The number of nitrogens with zero attached hydrogens (tertiary/aromatic N) is 1. The van der Waals surface area contributed by atoms with E-state index in [2.05, 4.69) is 21.3 Å². The summed E-state index contributed by atoms with van der Waals surface area (Å²) in [5.74, 6) is -2.85. The first-order valence-electron chi connectivity index (χ1n) is 19.4. The highest BCUT2D eigenvalue weighted by Gasteiger charge is 2.51. The number of carbonyl (C=O) groups excluding carboxylic acids is 6. The van der Waals surface area contributed by atoms with Gasteiger partial charge in [-0.1, -0.05) is 77.8 Å². The lowest BCUT2D eigenvalue weighted by molar-refractivity contribution is -0.145. The number of amides is 5. The molecule has 1 aliphatic heterocycles. The van der Waals surface area contributed by atoms with Crippen molar-refractivity contribution in [3.8, 4) is 0 Å². The molecule has 0 bridgehead atoms. The van der Waals surface area contributed by atoms with E-state index >= 15 is 0 Å². The second kappa shape index (κ2) is 20.4. The maximum Gasteiger partial charge on any atom is 0.251 e. The molecule has 3 rings (SSSR count). The van der Waals surface area contributed by atoms with Crippen LogP contribution in [0, 0.1) is 29.6 Å². The summed E-state index contributed by atoms with van der Waals surface area (Å²) < 4.78 is 0. The first-order valence-corrected chi connectivity index (χ1v) is 19.4. The molecule has 5 N–H and O–H groups in total. The number of aliphatic hydroxyl groups excluding tert-OH is 1. The van der Waals surface area contributed by atoms with Gasteiger partial charge in [-0.2, -0.15) is 0 Å². The van der Waals surface area contributed by atoms with Gasteiger partial charge in [0, 0.05) is 38.8 Å². The standard InChI is InChI=1S/C40H63N5O7/c1-8-15-32(36(48)39(51)42-26(6)27-16-10-9-11-17-27)43-38(50)35-30-20-14-18-28(30)23-45(35)40(52)34(25(4)5)44-37(49)31(24(2)3)22-29(46)19-12-13-21-33(47)41-7/h9-11,16-17,24-26,28,30-32,34-36,48H,8,12-15,18-23H2,1-7H3,(H,41,47)(H,42,51)(H,43,50)(H,44,49)/t26-,28-,30-,31-,32?,34-,35-,36?/m0/s1. The molecule has 1 aromatic rings. The van der Waals surface area contributed by atoms with E-state index < -0.39 is 42.0 Å². The summed E-state index contributed by atoms with van der Waals surface area (Å²) in [5, 5.41) is 22.5. The number of hydrogen-bond acceptors (Lipinski definition) is 7. The molecule has 2 aliphatic rings. The van der Waals surface area contributed by atoms with Crippen LogP contribution in [0.15, 0.2) is 30.3 Å². The van der Waals surface area contributed by atoms with Crippen molar-refractivity contribution in [3.63, 3.8) is 0 Å². The van der Waals surface area contributed by atoms with Gasteiger partial charge in [0.25, 0.3) is 5.91 Å². The normalized spacial score (nSPS) is 21.1. The van der Waals surface area contributed by atoms with Crippen LogP contribution < -0.4 is 21.3 Å². The van der Waals surface area contributed by atoms with E-state index in [9.17, 15) is 33.9 Å². The Morgan fingerprint density at radius 2 is 1.54 bits per heavy atom. The number of likely N-dealkylation sites (tertiary alicyclic amines) is 1. The largest absolute Gasteiger partial charge is 0.381 e. The molecular formula is C40H63N5O7. The van der Waals surface area contributed by atoms with Crippen molar-refractivity contribution in [1.29, 1.82) is 0 Å². The molecule has 52 heavy (non-hydrogen) atoms. The topological polar surface area (TPSA) is 174 Å². The summed E-state index contributed by atoms with van der Waals surface area (Å²) in [5.41, 5.74) is 0.888. The van der Waals surface area contributed by atoms with Crippen molar-refractivity contribution >= 4 is 35.3 Å². The van der Waals surface area contributed by atoms with Crippen molar-refractivity contribution in [3.05, 3.63) is 35.9 Å². The van der Waals surface area contributed by atoms with Crippen molar-refractivity contribution in [2.75, 3.05) is 13.6 Å². The van der Waals surface area contributed by atoms with E-state index in [1.54, 1.807) is 11.9 Å². The summed E-state index contributed by atoms with van der Waals surface area (Å²) in [7, 11) is 1.57. The Kier molecular flexibility index (Phi) is 16.8. The molecule has 1 heterocycles. The summed E-state index contributed by atoms with van der Waals surface area (Å²) >= 11 is 0. The maximum absolute atomic E-state index is 14.4. The highest BCUT2D eigenvalue weighted by atomic mass is 16.3. The lowest BCUT2D eigenvalue weighted by Gasteiger charge is -2.34. The van der Waals surface area contributed by atoms with Crippen LogP contribution in [0.2, 0.25) is 0 Å². The zero-order valence-electron chi connectivity index (χ0n) is 32.3. The predicted molar refractivity (Wildman–Crippen MR) is 199 cm³/mol. The van der Waals surface area contributed by atoms with Gasteiger partial charge in [-0.25, -0.2) is 0 Å². The summed E-state index contributed by atoms with van der Waals surface area (Å²) in [4.78, 5) is 81.4. The first kappa shape index (κ1) is 42.6. The highest BCUT2D eigenvalue weighted by molar-refractivity contribution is 5.95. The smallest absolute Gasteiger partial charge is 0.251 e. The van der Waals surface area contributed by atoms with Gasteiger partial charge in [-0.05, 0) is 68.3 Å². The third kappa shape index (κ3) is 11.6. The SMILES string of the molecule is CCCC(NC(=O)[C@@H]1[C@H]2CCC[C@H]2CN1C(=O)[C@@H](NC(=O)[C@@H](CC(=O)CCCCC(=O)NC)C(C)C)C(C)C)C(O)C(=O)N[C@@H](C)c1ccccc1. The molecule has 0 spiro atoms. The fourth-order valence-corrected chi connectivity index (χ4v) is 7.73. The fraction of sp³-hybridized carbons (Fsp3) is 0.700. The number of fused-ring (bicyclic) bond motifs is 1. The second-order valence-corrected chi connectivity index (χ2v) is 15.5. The average Bonchev–Trinajstić information content (AvgIpc) is 3.72. The van der Waals surface area contributed by atoms with Gasteiger partial charge < -0.3 is 31.3 Å². The monoisotopic (exact) mass is 725 g/mol. The van der Waals surface area contributed by atoms with Gasteiger partial charge >= 0.3 is 0 Å². The number of nitrogens with one attached hydrogen (secondary N) is 4. The van der Waals surface area contributed by atoms with Crippen LogP contribution in [0.5, 0.6) is 0 Å². The Morgan fingerprint density at radius 1 is 0.865 bits per heavy atom.